The largest absolute Gasteiger partial charge is 0.452 e. The van der Waals surface area contributed by atoms with Crippen molar-refractivity contribution in [1.29, 1.82) is 0 Å². The lowest BCUT2D eigenvalue weighted by Crippen LogP contribution is -2.35. The molecule has 1 aromatic carbocycles. The number of carbonyl (C=O) groups is 3. The van der Waals surface area contributed by atoms with Gasteiger partial charge in [0.1, 0.15) is 5.69 Å². The molecule has 0 spiro atoms. The van der Waals surface area contributed by atoms with Crippen molar-refractivity contribution in [3.8, 4) is 0 Å². The van der Waals surface area contributed by atoms with Crippen LogP contribution < -0.4 is 5.32 Å². The highest BCUT2D eigenvalue weighted by molar-refractivity contribution is 9.10. The van der Waals surface area contributed by atoms with Crippen LogP contribution >= 0.6 is 27.5 Å². The Hall–Kier alpha value is -2.12. The van der Waals surface area contributed by atoms with Crippen LogP contribution in [0.4, 0.5) is 0 Å². The maximum Gasteiger partial charge on any atom is 0.340 e. The summed E-state index contributed by atoms with van der Waals surface area (Å²) < 4.78 is 7.07. The number of nitrogens with one attached hydrogen (secondary N) is 1. The zero-order valence-corrected chi connectivity index (χ0v) is 14.3. The minimum Gasteiger partial charge on any atom is -0.452 e. The topological polar surface area (TPSA) is 77.4 Å². The van der Waals surface area contributed by atoms with Crippen LogP contribution in [0.2, 0.25) is 5.02 Å². The van der Waals surface area contributed by atoms with Crippen LogP contribution in [0.5, 0.6) is 0 Å². The lowest BCUT2D eigenvalue weighted by atomic mass is 10.2. The molecule has 0 bridgehead atoms. The smallest absolute Gasteiger partial charge is 0.340 e. The molecule has 0 aliphatic carbocycles. The minimum absolute atomic E-state index is 0.127. The predicted octanol–water partition coefficient (Wildman–Crippen LogP) is 2.55. The van der Waals surface area contributed by atoms with Gasteiger partial charge in [-0.05, 0) is 30.3 Å². The number of rotatable bonds is 4. The van der Waals surface area contributed by atoms with E-state index in [0.29, 0.717) is 10.2 Å². The molecule has 2 amide bonds. The van der Waals surface area contributed by atoms with Crippen molar-refractivity contribution in [2.24, 2.45) is 7.05 Å². The number of ether oxygens (including phenoxy) is 1. The van der Waals surface area contributed by atoms with Gasteiger partial charge in [0.15, 0.2) is 6.61 Å². The first-order valence-corrected chi connectivity index (χ1v) is 7.63. The number of aromatic nitrogens is 1. The number of amides is 2. The van der Waals surface area contributed by atoms with Crippen LogP contribution in [-0.4, -0.2) is 29.0 Å². The van der Waals surface area contributed by atoms with Crippen molar-refractivity contribution in [3.63, 3.8) is 0 Å². The second-order valence-corrected chi connectivity index (χ2v) is 5.90. The molecule has 1 N–H and O–H groups in total. The van der Waals surface area contributed by atoms with Crippen molar-refractivity contribution in [1.82, 2.24) is 9.88 Å². The standard InChI is InChI=1S/C15H12BrClN2O4/c1-19-6-2-3-12(19)14(21)18-13(20)8-23-15(22)10-7-9(16)4-5-11(10)17/h2-7H,8H2,1H3,(H,18,20,21). The summed E-state index contributed by atoms with van der Waals surface area (Å²) in [5.74, 6) is -2.05. The Kier molecular flexibility index (Phi) is 5.57. The van der Waals surface area contributed by atoms with Crippen molar-refractivity contribution in [3.05, 3.63) is 57.3 Å². The molecule has 0 radical (unpaired) electrons. The molecule has 1 aromatic heterocycles. The lowest BCUT2D eigenvalue weighted by molar-refractivity contribution is -0.123. The van der Waals surface area contributed by atoms with E-state index in [2.05, 4.69) is 21.2 Å². The SMILES string of the molecule is Cn1cccc1C(=O)NC(=O)COC(=O)c1cc(Br)ccc1Cl. The number of benzene rings is 1. The molecule has 2 aromatic rings. The van der Waals surface area contributed by atoms with E-state index in [1.54, 1.807) is 36.0 Å². The van der Waals surface area contributed by atoms with E-state index in [0.717, 1.165) is 0 Å². The first kappa shape index (κ1) is 17.2. The Balaban J connectivity index is 1.91. The van der Waals surface area contributed by atoms with Crippen molar-refractivity contribution in [2.45, 2.75) is 0 Å². The third kappa shape index (κ3) is 4.43. The molecular weight excluding hydrogens is 388 g/mol. The first-order chi connectivity index (χ1) is 10.9. The molecule has 0 aliphatic heterocycles. The lowest BCUT2D eigenvalue weighted by Gasteiger charge is -2.07. The summed E-state index contributed by atoms with van der Waals surface area (Å²) in [5.41, 5.74) is 0.447. The third-order valence-electron chi connectivity index (χ3n) is 2.91. The quantitative estimate of drug-likeness (QED) is 0.802. The van der Waals surface area contributed by atoms with Gasteiger partial charge in [0, 0.05) is 17.7 Å². The van der Waals surface area contributed by atoms with Gasteiger partial charge in [0.25, 0.3) is 11.8 Å². The molecule has 0 atom stereocenters. The van der Waals surface area contributed by atoms with Crippen molar-refractivity contribution in [2.75, 3.05) is 6.61 Å². The summed E-state index contributed by atoms with van der Waals surface area (Å²) in [6, 6.07) is 7.92. The maximum absolute atomic E-state index is 11.9. The second kappa shape index (κ2) is 7.43. The fraction of sp³-hybridized carbons (Fsp3) is 0.133. The molecule has 6 nitrogen and oxygen atoms in total. The van der Waals surface area contributed by atoms with Gasteiger partial charge >= 0.3 is 5.97 Å². The van der Waals surface area contributed by atoms with E-state index < -0.39 is 24.4 Å². The van der Waals surface area contributed by atoms with E-state index >= 15 is 0 Å². The van der Waals surface area contributed by atoms with E-state index in [1.807, 2.05) is 0 Å². The Morgan fingerprint density at radius 3 is 2.70 bits per heavy atom. The normalized spacial score (nSPS) is 10.2. The van der Waals surface area contributed by atoms with Crippen LogP contribution in [0.1, 0.15) is 20.8 Å². The molecule has 0 fully saturated rings. The van der Waals surface area contributed by atoms with E-state index in [1.165, 1.54) is 12.1 Å². The van der Waals surface area contributed by atoms with E-state index in [4.69, 9.17) is 16.3 Å². The number of halogens is 2. The van der Waals surface area contributed by atoms with Crippen LogP contribution in [-0.2, 0) is 16.6 Å². The average molecular weight is 400 g/mol. The summed E-state index contributed by atoms with van der Waals surface area (Å²) in [6.45, 7) is -0.585. The zero-order valence-electron chi connectivity index (χ0n) is 12.0. The fourth-order valence-electron chi connectivity index (χ4n) is 1.79. The number of nitrogens with zero attached hydrogens (tertiary/aromatic N) is 1. The summed E-state index contributed by atoms with van der Waals surface area (Å²) in [5, 5.41) is 2.34. The van der Waals surface area contributed by atoms with Gasteiger partial charge in [-0.1, -0.05) is 27.5 Å². The van der Waals surface area contributed by atoms with Gasteiger partial charge in [0.2, 0.25) is 0 Å². The summed E-state index contributed by atoms with van der Waals surface area (Å²) in [7, 11) is 1.68. The molecule has 0 saturated carbocycles. The van der Waals surface area contributed by atoms with Gasteiger partial charge in [-0.2, -0.15) is 0 Å². The zero-order chi connectivity index (χ0) is 17.0. The third-order valence-corrected chi connectivity index (χ3v) is 3.73. The summed E-state index contributed by atoms with van der Waals surface area (Å²) >= 11 is 9.11. The van der Waals surface area contributed by atoms with Crippen LogP contribution in [0.3, 0.4) is 0 Å². The molecule has 0 saturated heterocycles. The molecule has 120 valence electrons. The fourth-order valence-corrected chi connectivity index (χ4v) is 2.34. The molecule has 2 rings (SSSR count). The highest BCUT2D eigenvalue weighted by atomic mass is 79.9. The average Bonchev–Trinajstić information content (AvgIpc) is 2.93. The van der Waals surface area contributed by atoms with Crippen molar-refractivity contribution >= 4 is 45.3 Å². The first-order valence-electron chi connectivity index (χ1n) is 6.46. The second-order valence-electron chi connectivity index (χ2n) is 4.58. The number of hydrogen-bond donors (Lipinski definition) is 1. The Morgan fingerprint density at radius 2 is 2.04 bits per heavy atom. The van der Waals surface area contributed by atoms with Crippen LogP contribution in [0, 0.1) is 0 Å². The van der Waals surface area contributed by atoms with Gasteiger partial charge in [-0.25, -0.2) is 4.79 Å². The molecule has 0 aliphatic rings. The van der Waals surface area contributed by atoms with Gasteiger partial charge in [-0.3, -0.25) is 14.9 Å². The van der Waals surface area contributed by atoms with Gasteiger partial charge < -0.3 is 9.30 Å². The van der Waals surface area contributed by atoms with Gasteiger partial charge in [-0.15, -0.1) is 0 Å². The predicted molar refractivity (Wildman–Crippen MR) is 87.3 cm³/mol. The number of imide groups is 1. The molecule has 1 heterocycles. The Morgan fingerprint density at radius 1 is 1.30 bits per heavy atom. The number of hydrogen-bond acceptors (Lipinski definition) is 4. The van der Waals surface area contributed by atoms with Crippen molar-refractivity contribution < 1.29 is 19.1 Å². The molecular formula is C15H12BrClN2O4. The van der Waals surface area contributed by atoms with Crippen LogP contribution in [0.15, 0.2) is 41.0 Å². The summed E-state index contributed by atoms with van der Waals surface area (Å²) in [6.07, 6.45) is 1.68. The van der Waals surface area contributed by atoms with E-state index in [-0.39, 0.29) is 10.6 Å². The van der Waals surface area contributed by atoms with E-state index in [9.17, 15) is 14.4 Å². The number of esters is 1. The molecule has 23 heavy (non-hydrogen) atoms. The Labute approximate surface area is 145 Å². The maximum atomic E-state index is 11.9. The van der Waals surface area contributed by atoms with Gasteiger partial charge in [0.05, 0.1) is 10.6 Å². The summed E-state index contributed by atoms with van der Waals surface area (Å²) in [4.78, 5) is 35.4. The molecule has 8 heteroatoms. The van der Waals surface area contributed by atoms with Crippen LogP contribution in [0.25, 0.3) is 0 Å². The monoisotopic (exact) mass is 398 g/mol. The Bertz CT molecular complexity index is 773. The highest BCUT2D eigenvalue weighted by Gasteiger charge is 2.17. The molecule has 0 unspecified atom stereocenters. The number of carbonyl (C=O) groups excluding carboxylic acids is 3. The number of aryl methyl sites for hydroxylation is 1. The minimum atomic E-state index is -0.752. The highest BCUT2D eigenvalue weighted by Crippen LogP contribution is 2.21.